The van der Waals surface area contributed by atoms with E-state index >= 15 is 0 Å². The summed E-state index contributed by atoms with van der Waals surface area (Å²) in [6, 6.07) is 0. The van der Waals surface area contributed by atoms with Crippen molar-refractivity contribution in [3.8, 4) is 0 Å². The molecule has 0 bridgehead atoms. The number of likely N-dealkylation sites (tertiary alicyclic amines) is 1. The van der Waals surface area contributed by atoms with Gasteiger partial charge < -0.3 is 20.3 Å². The molecular formula is C18H33N3O3. The van der Waals surface area contributed by atoms with Crippen molar-refractivity contribution in [1.82, 2.24) is 15.5 Å². The van der Waals surface area contributed by atoms with E-state index in [2.05, 4.69) is 17.6 Å². The number of carbonyl (C=O) groups is 2. The number of amides is 2. The molecule has 0 saturated carbocycles. The number of piperidine rings is 2. The van der Waals surface area contributed by atoms with E-state index in [9.17, 15) is 9.59 Å². The fraction of sp³-hybridized carbons (Fsp3) is 0.889. The molecule has 2 N–H and O–H groups in total. The molecular weight excluding hydrogens is 306 g/mol. The Balaban J connectivity index is 1.96. The first kappa shape index (κ1) is 19.2. The highest BCUT2D eigenvalue weighted by Gasteiger charge is 2.43. The second kappa shape index (κ2) is 9.37. The summed E-state index contributed by atoms with van der Waals surface area (Å²) in [6.45, 7) is 6.33. The number of unbranched alkanes of at least 4 members (excludes halogenated alkanes) is 1. The molecule has 0 aliphatic carbocycles. The van der Waals surface area contributed by atoms with Crippen LogP contribution in [0.25, 0.3) is 0 Å². The summed E-state index contributed by atoms with van der Waals surface area (Å²) in [7, 11) is 1.66. The minimum atomic E-state index is -0.416. The molecule has 2 fully saturated rings. The molecule has 24 heavy (non-hydrogen) atoms. The molecule has 6 nitrogen and oxygen atoms in total. The molecule has 2 aliphatic heterocycles. The summed E-state index contributed by atoms with van der Waals surface area (Å²) in [6.07, 6.45) is 5.47. The number of nitrogens with zero attached hydrogens (tertiary/aromatic N) is 1. The summed E-state index contributed by atoms with van der Waals surface area (Å²) in [5.41, 5.74) is -0.416. The fourth-order valence-corrected chi connectivity index (χ4v) is 3.85. The maximum atomic E-state index is 13.2. The van der Waals surface area contributed by atoms with Gasteiger partial charge in [0.1, 0.15) is 0 Å². The molecule has 2 amide bonds. The average molecular weight is 339 g/mol. The minimum Gasteiger partial charge on any atom is -0.384 e. The Morgan fingerprint density at radius 1 is 1.33 bits per heavy atom. The minimum absolute atomic E-state index is 0.0686. The summed E-state index contributed by atoms with van der Waals surface area (Å²) in [4.78, 5) is 27.4. The number of hydrogen-bond acceptors (Lipinski definition) is 4. The van der Waals surface area contributed by atoms with Gasteiger partial charge in [-0.2, -0.15) is 0 Å². The number of ether oxygens (including phenoxy) is 1. The number of hydrogen-bond donors (Lipinski definition) is 2. The lowest BCUT2D eigenvalue weighted by Gasteiger charge is -2.42. The molecule has 2 aliphatic rings. The van der Waals surface area contributed by atoms with Crippen LogP contribution in [-0.2, 0) is 14.3 Å². The summed E-state index contributed by atoms with van der Waals surface area (Å²) < 4.78 is 5.38. The summed E-state index contributed by atoms with van der Waals surface area (Å²) >= 11 is 0. The van der Waals surface area contributed by atoms with E-state index < -0.39 is 5.41 Å². The van der Waals surface area contributed by atoms with Crippen LogP contribution in [0.4, 0.5) is 0 Å². The zero-order chi connectivity index (χ0) is 17.4. The van der Waals surface area contributed by atoms with Gasteiger partial charge in [0.25, 0.3) is 0 Å². The van der Waals surface area contributed by atoms with Gasteiger partial charge >= 0.3 is 0 Å². The second-order valence-corrected chi connectivity index (χ2v) is 7.20. The van der Waals surface area contributed by atoms with Crippen LogP contribution in [-0.4, -0.2) is 63.2 Å². The predicted molar refractivity (Wildman–Crippen MR) is 93.6 cm³/mol. The van der Waals surface area contributed by atoms with Crippen LogP contribution in [0.1, 0.15) is 45.4 Å². The summed E-state index contributed by atoms with van der Waals surface area (Å²) in [5, 5.41) is 6.34. The largest absolute Gasteiger partial charge is 0.384 e. The monoisotopic (exact) mass is 339 g/mol. The lowest BCUT2D eigenvalue weighted by molar-refractivity contribution is -0.150. The van der Waals surface area contributed by atoms with Gasteiger partial charge in [-0.3, -0.25) is 9.59 Å². The molecule has 0 radical (unpaired) electrons. The van der Waals surface area contributed by atoms with Gasteiger partial charge in [-0.05, 0) is 45.2 Å². The Kier molecular flexibility index (Phi) is 7.49. The molecule has 0 aromatic rings. The fourth-order valence-electron chi connectivity index (χ4n) is 3.85. The van der Waals surface area contributed by atoms with Crippen molar-refractivity contribution in [2.45, 2.75) is 45.4 Å². The van der Waals surface area contributed by atoms with Gasteiger partial charge in [0.15, 0.2) is 0 Å². The van der Waals surface area contributed by atoms with Gasteiger partial charge in [-0.15, -0.1) is 0 Å². The Hall–Kier alpha value is -1.14. The van der Waals surface area contributed by atoms with Crippen molar-refractivity contribution in [1.29, 1.82) is 0 Å². The lowest BCUT2D eigenvalue weighted by atomic mass is 9.77. The van der Waals surface area contributed by atoms with Gasteiger partial charge in [0, 0.05) is 26.7 Å². The number of rotatable bonds is 7. The zero-order valence-corrected chi connectivity index (χ0v) is 15.2. The second-order valence-electron chi connectivity index (χ2n) is 7.20. The molecule has 2 saturated heterocycles. The van der Waals surface area contributed by atoms with Crippen molar-refractivity contribution in [3.05, 3.63) is 0 Å². The van der Waals surface area contributed by atoms with Crippen molar-refractivity contribution < 1.29 is 14.3 Å². The van der Waals surface area contributed by atoms with E-state index in [4.69, 9.17) is 4.74 Å². The number of carbonyl (C=O) groups excluding carboxylic acids is 2. The molecule has 0 spiro atoms. The van der Waals surface area contributed by atoms with Crippen LogP contribution in [0.15, 0.2) is 0 Å². The normalized spacial score (nSPS) is 23.8. The SMILES string of the molecule is CCCCNC(=O)C1CCCN(C(=O)C2(COC)CCNCC2)C1. The van der Waals surface area contributed by atoms with Crippen LogP contribution in [0, 0.1) is 11.3 Å². The Bertz CT molecular complexity index is 416. The van der Waals surface area contributed by atoms with E-state index in [0.29, 0.717) is 13.2 Å². The quantitative estimate of drug-likeness (QED) is 0.683. The standard InChI is InChI=1S/C18H33N3O3/c1-3-4-9-20-16(22)15-6-5-12-21(13-15)17(23)18(14-24-2)7-10-19-11-8-18/h15,19H,3-14H2,1-2H3,(H,20,22). The van der Waals surface area contributed by atoms with E-state index in [1.54, 1.807) is 7.11 Å². The van der Waals surface area contributed by atoms with E-state index in [1.165, 1.54) is 0 Å². The van der Waals surface area contributed by atoms with Crippen LogP contribution >= 0.6 is 0 Å². The average Bonchev–Trinajstić information content (AvgIpc) is 2.62. The first-order chi connectivity index (χ1) is 11.6. The molecule has 6 heteroatoms. The molecule has 2 heterocycles. The zero-order valence-electron chi connectivity index (χ0n) is 15.2. The smallest absolute Gasteiger partial charge is 0.231 e. The van der Waals surface area contributed by atoms with Crippen molar-refractivity contribution in [2.24, 2.45) is 11.3 Å². The Labute approximate surface area is 145 Å². The highest BCUT2D eigenvalue weighted by Crippen LogP contribution is 2.33. The highest BCUT2D eigenvalue weighted by atomic mass is 16.5. The molecule has 1 unspecified atom stereocenters. The third-order valence-electron chi connectivity index (χ3n) is 5.34. The number of nitrogens with one attached hydrogen (secondary N) is 2. The van der Waals surface area contributed by atoms with Crippen LogP contribution in [0.2, 0.25) is 0 Å². The highest BCUT2D eigenvalue weighted by molar-refractivity contribution is 5.85. The maximum absolute atomic E-state index is 13.2. The van der Waals surface area contributed by atoms with E-state index in [1.807, 2.05) is 4.90 Å². The maximum Gasteiger partial charge on any atom is 0.231 e. The third-order valence-corrected chi connectivity index (χ3v) is 5.34. The van der Waals surface area contributed by atoms with Crippen LogP contribution < -0.4 is 10.6 Å². The van der Waals surface area contributed by atoms with Crippen molar-refractivity contribution in [2.75, 3.05) is 46.4 Å². The topological polar surface area (TPSA) is 70.7 Å². The Morgan fingerprint density at radius 3 is 2.75 bits per heavy atom. The molecule has 138 valence electrons. The third kappa shape index (κ3) is 4.70. The van der Waals surface area contributed by atoms with Gasteiger partial charge in [-0.25, -0.2) is 0 Å². The van der Waals surface area contributed by atoms with E-state index in [0.717, 1.165) is 64.7 Å². The predicted octanol–water partition coefficient (Wildman–Crippen LogP) is 1.16. The molecule has 2 rings (SSSR count). The Morgan fingerprint density at radius 2 is 2.08 bits per heavy atom. The first-order valence-electron chi connectivity index (χ1n) is 9.39. The van der Waals surface area contributed by atoms with Crippen LogP contribution in [0.3, 0.4) is 0 Å². The van der Waals surface area contributed by atoms with Gasteiger partial charge in [-0.1, -0.05) is 13.3 Å². The van der Waals surface area contributed by atoms with Crippen molar-refractivity contribution in [3.63, 3.8) is 0 Å². The van der Waals surface area contributed by atoms with Crippen LogP contribution in [0.5, 0.6) is 0 Å². The van der Waals surface area contributed by atoms with Crippen molar-refractivity contribution >= 4 is 11.8 Å². The number of methoxy groups -OCH3 is 1. The molecule has 0 aromatic carbocycles. The summed E-state index contributed by atoms with van der Waals surface area (Å²) in [5.74, 6) is 0.213. The van der Waals surface area contributed by atoms with Gasteiger partial charge in [0.2, 0.25) is 11.8 Å². The first-order valence-corrected chi connectivity index (χ1v) is 9.39. The molecule has 0 aromatic heterocycles. The molecule has 1 atom stereocenters. The lowest BCUT2D eigenvalue weighted by Crippen LogP contribution is -2.55. The van der Waals surface area contributed by atoms with Gasteiger partial charge in [0.05, 0.1) is 17.9 Å². The van der Waals surface area contributed by atoms with E-state index in [-0.39, 0.29) is 17.7 Å².